The predicted octanol–water partition coefficient (Wildman–Crippen LogP) is 1.20. The van der Waals surface area contributed by atoms with Crippen LogP contribution in [0, 0.1) is 4.77 Å². The lowest BCUT2D eigenvalue weighted by Gasteiger charge is -2.08. The molecule has 0 spiro atoms. The fourth-order valence-electron chi connectivity index (χ4n) is 1.75. The highest BCUT2D eigenvalue weighted by Crippen LogP contribution is 2.05. The summed E-state index contributed by atoms with van der Waals surface area (Å²) in [5, 5.41) is 3.23. The molecule has 1 aromatic heterocycles. The molecule has 0 atom stereocenters. The zero-order valence-electron chi connectivity index (χ0n) is 9.90. The maximum Gasteiger partial charge on any atom is 0.262 e. The minimum Gasteiger partial charge on any atom is -0.355 e. The van der Waals surface area contributed by atoms with E-state index in [1.54, 1.807) is 12.1 Å². The van der Waals surface area contributed by atoms with Crippen molar-refractivity contribution in [2.24, 2.45) is 0 Å². The van der Waals surface area contributed by atoms with E-state index in [1.807, 2.05) is 12.1 Å². The highest BCUT2D eigenvalue weighted by Gasteiger charge is 2.04. The summed E-state index contributed by atoms with van der Waals surface area (Å²) in [5.74, 6) is -0.126. The molecule has 0 aliphatic rings. The molecule has 1 aromatic carbocycles. The summed E-state index contributed by atoms with van der Waals surface area (Å²) in [6.07, 6.45) is 0. The van der Waals surface area contributed by atoms with Gasteiger partial charge in [0.25, 0.3) is 5.56 Å². The Morgan fingerprint density at radius 3 is 2.89 bits per heavy atom. The Labute approximate surface area is 108 Å². The SMILES string of the molecule is CC(=O)NCCn1c(=S)[nH]c2ccccc2c1=O. The van der Waals surface area contributed by atoms with E-state index in [9.17, 15) is 9.59 Å². The maximum atomic E-state index is 12.2. The normalized spacial score (nSPS) is 10.5. The van der Waals surface area contributed by atoms with Gasteiger partial charge in [0.05, 0.1) is 10.9 Å². The van der Waals surface area contributed by atoms with E-state index in [-0.39, 0.29) is 11.5 Å². The second kappa shape index (κ2) is 5.14. The molecule has 94 valence electrons. The summed E-state index contributed by atoms with van der Waals surface area (Å²) in [4.78, 5) is 26.0. The van der Waals surface area contributed by atoms with E-state index < -0.39 is 0 Å². The van der Waals surface area contributed by atoms with Crippen LogP contribution in [0.4, 0.5) is 0 Å². The van der Waals surface area contributed by atoms with Gasteiger partial charge in [0.15, 0.2) is 4.77 Å². The molecular weight excluding hydrogens is 250 g/mol. The second-order valence-electron chi connectivity index (χ2n) is 3.92. The van der Waals surface area contributed by atoms with Gasteiger partial charge in [-0.2, -0.15) is 0 Å². The van der Waals surface area contributed by atoms with Crippen LogP contribution in [0.15, 0.2) is 29.1 Å². The number of hydrogen-bond acceptors (Lipinski definition) is 3. The average Bonchev–Trinajstić information content (AvgIpc) is 2.33. The number of amides is 1. The zero-order valence-corrected chi connectivity index (χ0v) is 10.7. The van der Waals surface area contributed by atoms with Crippen LogP contribution in [0.1, 0.15) is 6.92 Å². The van der Waals surface area contributed by atoms with Crippen LogP contribution in [0.2, 0.25) is 0 Å². The third-order valence-corrected chi connectivity index (χ3v) is 2.92. The van der Waals surface area contributed by atoms with Gasteiger partial charge >= 0.3 is 0 Å². The number of nitrogens with zero attached hydrogens (tertiary/aromatic N) is 1. The minimum absolute atomic E-state index is 0.126. The van der Waals surface area contributed by atoms with Crippen LogP contribution in [0.3, 0.4) is 0 Å². The van der Waals surface area contributed by atoms with Crippen LogP contribution in [-0.4, -0.2) is 22.0 Å². The lowest BCUT2D eigenvalue weighted by Crippen LogP contribution is -2.30. The van der Waals surface area contributed by atoms with Gasteiger partial charge in [-0.25, -0.2) is 0 Å². The summed E-state index contributed by atoms with van der Waals surface area (Å²) in [7, 11) is 0. The Balaban J connectivity index is 2.42. The first kappa shape index (κ1) is 12.5. The van der Waals surface area contributed by atoms with Gasteiger partial charge in [-0.3, -0.25) is 14.2 Å². The molecule has 0 saturated heterocycles. The molecule has 0 aliphatic heterocycles. The van der Waals surface area contributed by atoms with Gasteiger partial charge in [-0.15, -0.1) is 0 Å². The quantitative estimate of drug-likeness (QED) is 0.818. The maximum absolute atomic E-state index is 12.2. The third-order valence-electron chi connectivity index (χ3n) is 2.60. The Morgan fingerprint density at radius 1 is 1.44 bits per heavy atom. The van der Waals surface area contributed by atoms with E-state index in [0.29, 0.717) is 23.2 Å². The molecule has 0 fully saturated rings. The van der Waals surface area contributed by atoms with Crippen molar-refractivity contribution in [1.82, 2.24) is 14.9 Å². The van der Waals surface area contributed by atoms with E-state index in [0.717, 1.165) is 5.52 Å². The standard InChI is InChI=1S/C12H13N3O2S/c1-8(16)13-6-7-15-11(17)9-4-2-3-5-10(9)14-12(15)18/h2-5H,6-7H2,1H3,(H,13,16)(H,14,18). The smallest absolute Gasteiger partial charge is 0.262 e. The molecule has 0 unspecified atom stereocenters. The van der Waals surface area contributed by atoms with Crippen LogP contribution in [0.5, 0.6) is 0 Å². The molecule has 0 saturated carbocycles. The first-order valence-corrected chi connectivity index (χ1v) is 5.96. The van der Waals surface area contributed by atoms with E-state index in [1.165, 1.54) is 11.5 Å². The van der Waals surface area contributed by atoms with Crippen molar-refractivity contribution < 1.29 is 4.79 Å². The lowest BCUT2D eigenvalue weighted by molar-refractivity contribution is -0.118. The Kier molecular flexibility index (Phi) is 3.57. The molecule has 0 radical (unpaired) electrons. The van der Waals surface area contributed by atoms with Gasteiger partial charge < -0.3 is 10.3 Å². The predicted molar refractivity (Wildman–Crippen MR) is 72.1 cm³/mol. The average molecular weight is 263 g/mol. The monoisotopic (exact) mass is 263 g/mol. The molecule has 6 heteroatoms. The van der Waals surface area contributed by atoms with E-state index in [2.05, 4.69) is 10.3 Å². The van der Waals surface area contributed by atoms with Crippen molar-refractivity contribution in [2.75, 3.05) is 6.54 Å². The lowest BCUT2D eigenvalue weighted by atomic mass is 10.2. The molecule has 2 N–H and O–H groups in total. The van der Waals surface area contributed by atoms with Crippen LogP contribution < -0.4 is 10.9 Å². The molecule has 1 amide bonds. The molecule has 1 heterocycles. The first-order valence-electron chi connectivity index (χ1n) is 5.56. The van der Waals surface area contributed by atoms with Gasteiger partial charge in [0.2, 0.25) is 5.91 Å². The Bertz CT molecular complexity index is 702. The van der Waals surface area contributed by atoms with Gasteiger partial charge in [-0.05, 0) is 24.4 Å². The fourth-order valence-corrected chi connectivity index (χ4v) is 2.03. The minimum atomic E-state index is -0.139. The number of H-pyrrole nitrogens is 1. The first-order chi connectivity index (χ1) is 8.59. The van der Waals surface area contributed by atoms with Gasteiger partial charge in [0.1, 0.15) is 0 Å². The van der Waals surface area contributed by atoms with Crippen molar-refractivity contribution in [1.29, 1.82) is 0 Å². The summed E-state index contributed by atoms with van der Waals surface area (Å²) in [6, 6.07) is 7.20. The molecular formula is C12H13N3O2S. The largest absolute Gasteiger partial charge is 0.355 e. The molecule has 2 aromatic rings. The number of para-hydroxylation sites is 1. The number of nitrogens with one attached hydrogen (secondary N) is 2. The summed E-state index contributed by atoms with van der Waals surface area (Å²) < 4.78 is 1.82. The zero-order chi connectivity index (χ0) is 13.1. The summed E-state index contributed by atoms with van der Waals surface area (Å²) in [5.41, 5.74) is 0.586. The van der Waals surface area contributed by atoms with E-state index >= 15 is 0 Å². The van der Waals surface area contributed by atoms with Crippen LogP contribution in [-0.2, 0) is 11.3 Å². The number of benzene rings is 1. The van der Waals surface area contributed by atoms with Crippen molar-refractivity contribution >= 4 is 29.0 Å². The number of aromatic nitrogens is 2. The Hall–Kier alpha value is -1.95. The number of carbonyl (C=O) groups is 1. The molecule has 2 rings (SSSR count). The highest BCUT2D eigenvalue weighted by atomic mass is 32.1. The van der Waals surface area contributed by atoms with E-state index in [4.69, 9.17) is 12.2 Å². The number of hydrogen-bond donors (Lipinski definition) is 2. The van der Waals surface area contributed by atoms with Gasteiger partial charge in [-0.1, -0.05) is 12.1 Å². The van der Waals surface area contributed by atoms with Crippen LogP contribution >= 0.6 is 12.2 Å². The van der Waals surface area contributed by atoms with Crippen molar-refractivity contribution in [3.63, 3.8) is 0 Å². The number of fused-ring (bicyclic) bond motifs is 1. The summed E-state index contributed by atoms with van der Waals surface area (Å²) in [6.45, 7) is 2.17. The molecule has 5 nitrogen and oxygen atoms in total. The highest BCUT2D eigenvalue weighted by molar-refractivity contribution is 7.71. The number of carbonyl (C=O) groups excluding carboxylic acids is 1. The number of aromatic amines is 1. The van der Waals surface area contributed by atoms with Crippen LogP contribution in [0.25, 0.3) is 10.9 Å². The third kappa shape index (κ3) is 2.48. The fraction of sp³-hybridized carbons (Fsp3) is 0.250. The topological polar surface area (TPSA) is 66.9 Å². The molecule has 0 aliphatic carbocycles. The molecule has 18 heavy (non-hydrogen) atoms. The summed E-state index contributed by atoms with van der Waals surface area (Å²) >= 11 is 5.14. The number of rotatable bonds is 3. The molecule has 0 bridgehead atoms. The van der Waals surface area contributed by atoms with Crippen molar-refractivity contribution in [3.8, 4) is 0 Å². The second-order valence-corrected chi connectivity index (χ2v) is 4.30. The van der Waals surface area contributed by atoms with Crippen molar-refractivity contribution in [2.45, 2.75) is 13.5 Å². The van der Waals surface area contributed by atoms with Gasteiger partial charge in [0, 0.05) is 20.0 Å². The van der Waals surface area contributed by atoms with Crippen molar-refractivity contribution in [3.05, 3.63) is 39.4 Å². The Morgan fingerprint density at radius 2 is 2.17 bits per heavy atom.